The number of esters is 1. The van der Waals surface area contributed by atoms with Gasteiger partial charge in [0, 0.05) is 20.5 Å². The lowest BCUT2D eigenvalue weighted by atomic mass is 9.96. The van der Waals surface area contributed by atoms with Crippen LogP contribution in [0.4, 0.5) is 0 Å². The summed E-state index contributed by atoms with van der Waals surface area (Å²) >= 11 is 0. The Morgan fingerprint density at radius 3 is 2.50 bits per heavy atom. The second kappa shape index (κ2) is 8.39. The molecule has 0 aromatic carbocycles. The summed E-state index contributed by atoms with van der Waals surface area (Å²) in [5.74, 6) is -1.26. The second-order valence-electron chi connectivity index (χ2n) is 5.11. The van der Waals surface area contributed by atoms with Gasteiger partial charge in [0.15, 0.2) is 6.29 Å². The predicted molar refractivity (Wildman–Crippen MR) is 72.5 cm³/mol. The Bertz CT molecular complexity index is 390. The topological polar surface area (TPSA) is 135 Å². The Morgan fingerprint density at radius 2 is 1.95 bits per heavy atom. The first-order valence-corrected chi connectivity index (χ1v) is 6.94. The molecule has 0 radical (unpaired) electrons. The Kier molecular flexibility index (Phi) is 7.17. The van der Waals surface area contributed by atoms with E-state index >= 15 is 0 Å². The number of hydrogen-bond donors (Lipinski definition) is 4. The van der Waals surface area contributed by atoms with Crippen molar-refractivity contribution in [2.45, 2.75) is 57.0 Å². The SMILES string of the molecule is CO[C@H]1O[C@H](C)[C@@H](NC(=O)[C@@H](O)CCOC(C)=O)[C@H](O)[C@@H]1O. The van der Waals surface area contributed by atoms with E-state index in [1.807, 2.05) is 0 Å². The summed E-state index contributed by atoms with van der Waals surface area (Å²) in [4.78, 5) is 22.5. The maximum absolute atomic E-state index is 11.9. The fourth-order valence-electron chi connectivity index (χ4n) is 2.13. The molecule has 0 saturated carbocycles. The normalized spacial score (nSPS) is 33.1. The van der Waals surface area contributed by atoms with Gasteiger partial charge in [-0.15, -0.1) is 0 Å². The zero-order chi connectivity index (χ0) is 16.9. The molecule has 9 heteroatoms. The summed E-state index contributed by atoms with van der Waals surface area (Å²) in [7, 11) is 1.32. The number of aliphatic hydroxyl groups is 3. The molecule has 1 fully saturated rings. The van der Waals surface area contributed by atoms with Crippen molar-refractivity contribution < 1.29 is 39.1 Å². The minimum Gasteiger partial charge on any atom is -0.466 e. The van der Waals surface area contributed by atoms with Crippen LogP contribution in [0.5, 0.6) is 0 Å². The van der Waals surface area contributed by atoms with Gasteiger partial charge in [0.1, 0.15) is 18.3 Å². The zero-order valence-electron chi connectivity index (χ0n) is 12.8. The van der Waals surface area contributed by atoms with E-state index in [0.29, 0.717) is 0 Å². The van der Waals surface area contributed by atoms with Gasteiger partial charge in [-0.2, -0.15) is 0 Å². The fourth-order valence-corrected chi connectivity index (χ4v) is 2.13. The van der Waals surface area contributed by atoms with Crippen molar-refractivity contribution in [3.05, 3.63) is 0 Å². The van der Waals surface area contributed by atoms with Crippen LogP contribution in [-0.2, 0) is 23.8 Å². The molecule has 6 atom stereocenters. The molecule has 0 aromatic rings. The molecular weight excluding hydrogens is 298 g/mol. The quantitative estimate of drug-likeness (QED) is 0.409. The smallest absolute Gasteiger partial charge is 0.302 e. The number of rotatable bonds is 6. The van der Waals surface area contributed by atoms with Gasteiger partial charge < -0.3 is 34.8 Å². The van der Waals surface area contributed by atoms with Crippen LogP contribution in [0.2, 0.25) is 0 Å². The minimum absolute atomic E-state index is 0.0767. The van der Waals surface area contributed by atoms with Gasteiger partial charge in [0.25, 0.3) is 0 Å². The summed E-state index contributed by atoms with van der Waals surface area (Å²) in [6.45, 7) is 2.71. The van der Waals surface area contributed by atoms with Crippen LogP contribution < -0.4 is 5.32 Å². The number of methoxy groups -OCH3 is 1. The molecule has 128 valence electrons. The first kappa shape index (κ1) is 18.8. The lowest BCUT2D eigenvalue weighted by Gasteiger charge is -2.41. The van der Waals surface area contributed by atoms with E-state index in [0.717, 1.165) is 0 Å². The van der Waals surface area contributed by atoms with Crippen molar-refractivity contribution in [3.63, 3.8) is 0 Å². The van der Waals surface area contributed by atoms with Crippen LogP contribution in [-0.4, -0.2) is 77.7 Å². The first-order chi connectivity index (χ1) is 10.3. The van der Waals surface area contributed by atoms with Gasteiger partial charge in [-0.25, -0.2) is 0 Å². The van der Waals surface area contributed by atoms with Gasteiger partial charge in [0.2, 0.25) is 5.91 Å². The Balaban J connectivity index is 2.53. The standard InChI is InChI=1S/C13H23NO8/c1-6-9(10(17)11(18)13(20-3)22-6)14-12(19)8(16)4-5-21-7(2)15/h6,8-11,13,16-18H,4-5H2,1-3H3,(H,14,19)/t6-,8+,9-,10+,11+,13+/m1/s1. The van der Waals surface area contributed by atoms with E-state index in [4.69, 9.17) is 9.47 Å². The second-order valence-corrected chi connectivity index (χ2v) is 5.11. The summed E-state index contributed by atoms with van der Waals surface area (Å²) in [5, 5.41) is 31.9. The van der Waals surface area contributed by atoms with Crippen molar-refractivity contribution in [3.8, 4) is 0 Å². The average molecular weight is 321 g/mol. The van der Waals surface area contributed by atoms with Crippen LogP contribution in [0, 0.1) is 0 Å². The minimum atomic E-state index is -1.41. The van der Waals surface area contributed by atoms with Gasteiger partial charge in [0.05, 0.1) is 18.8 Å². The molecule has 0 aliphatic carbocycles. The first-order valence-electron chi connectivity index (χ1n) is 6.94. The number of amides is 1. The monoisotopic (exact) mass is 321 g/mol. The van der Waals surface area contributed by atoms with Crippen LogP contribution in [0.3, 0.4) is 0 Å². The molecule has 0 aromatic heterocycles. The Morgan fingerprint density at radius 1 is 1.32 bits per heavy atom. The third-order valence-electron chi connectivity index (χ3n) is 3.39. The molecule has 1 aliphatic rings. The van der Waals surface area contributed by atoms with Crippen LogP contribution in [0.15, 0.2) is 0 Å². The number of aliphatic hydroxyl groups excluding tert-OH is 3. The zero-order valence-corrected chi connectivity index (χ0v) is 12.8. The van der Waals surface area contributed by atoms with Gasteiger partial charge in [-0.3, -0.25) is 9.59 Å². The number of hydrogen-bond acceptors (Lipinski definition) is 8. The molecular formula is C13H23NO8. The summed E-state index contributed by atoms with van der Waals surface area (Å²) < 4.78 is 14.8. The van der Waals surface area contributed by atoms with Crippen molar-refractivity contribution in [2.75, 3.05) is 13.7 Å². The van der Waals surface area contributed by atoms with Crippen molar-refractivity contribution in [1.82, 2.24) is 5.32 Å². The highest BCUT2D eigenvalue weighted by atomic mass is 16.7. The Labute approximate surface area is 128 Å². The van der Waals surface area contributed by atoms with Gasteiger partial charge >= 0.3 is 5.97 Å². The average Bonchev–Trinajstić information content (AvgIpc) is 2.46. The molecule has 4 N–H and O–H groups in total. The largest absolute Gasteiger partial charge is 0.466 e. The van der Waals surface area contributed by atoms with E-state index in [1.54, 1.807) is 6.92 Å². The lowest BCUT2D eigenvalue weighted by Crippen LogP contribution is -2.63. The molecule has 1 saturated heterocycles. The molecule has 22 heavy (non-hydrogen) atoms. The van der Waals surface area contributed by atoms with E-state index in [1.165, 1.54) is 14.0 Å². The van der Waals surface area contributed by atoms with Crippen LogP contribution >= 0.6 is 0 Å². The summed E-state index contributed by atoms with van der Waals surface area (Å²) in [5.41, 5.74) is 0. The van der Waals surface area contributed by atoms with Crippen molar-refractivity contribution in [2.24, 2.45) is 0 Å². The van der Waals surface area contributed by atoms with E-state index in [-0.39, 0.29) is 13.0 Å². The third-order valence-corrected chi connectivity index (χ3v) is 3.39. The van der Waals surface area contributed by atoms with Gasteiger partial charge in [-0.1, -0.05) is 0 Å². The van der Waals surface area contributed by atoms with E-state index in [2.05, 4.69) is 10.1 Å². The van der Waals surface area contributed by atoms with Crippen LogP contribution in [0.25, 0.3) is 0 Å². The van der Waals surface area contributed by atoms with Crippen molar-refractivity contribution in [1.29, 1.82) is 0 Å². The molecule has 1 amide bonds. The summed E-state index contributed by atoms with van der Waals surface area (Å²) in [6, 6.07) is -0.905. The molecule has 1 rings (SSSR count). The molecule has 0 spiro atoms. The highest BCUT2D eigenvalue weighted by molar-refractivity contribution is 5.81. The number of nitrogens with one attached hydrogen (secondary N) is 1. The van der Waals surface area contributed by atoms with Crippen molar-refractivity contribution >= 4 is 11.9 Å². The molecule has 9 nitrogen and oxygen atoms in total. The number of carbonyl (C=O) groups is 2. The lowest BCUT2D eigenvalue weighted by molar-refractivity contribution is -0.263. The van der Waals surface area contributed by atoms with Crippen LogP contribution in [0.1, 0.15) is 20.3 Å². The maximum atomic E-state index is 11.9. The Hall–Kier alpha value is -1.26. The summed E-state index contributed by atoms with van der Waals surface area (Å²) in [6.07, 6.45) is -5.74. The van der Waals surface area contributed by atoms with E-state index in [9.17, 15) is 24.9 Å². The molecule has 0 bridgehead atoms. The number of ether oxygens (including phenoxy) is 3. The molecule has 0 unspecified atom stereocenters. The highest BCUT2D eigenvalue weighted by Gasteiger charge is 2.43. The number of carbonyl (C=O) groups excluding carboxylic acids is 2. The van der Waals surface area contributed by atoms with E-state index < -0.39 is 48.6 Å². The third kappa shape index (κ3) is 4.89. The fraction of sp³-hybridized carbons (Fsp3) is 0.846. The molecule has 1 aliphatic heterocycles. The predicted octanol–water partition coefficient (Wildman–Crippen LogP) is -2.10. The van der Waals surface area contributed by atoms with Gasteiger partial charge in [-0.05, 0) is 6.92 Å². The highest BCUT2D eigenvalue weighted by Crippen LogP contribution is 2.21. The molecule has 1 heterocycles. The maximum Gasteiger partial charge on any atom is 0.302 e.